The Morgan fingerprint density at radius 2 is 1.50 bits per heavy atom. The molecular weight excluding hydrogens is 412 g/mol. The Hall–Kier alpha value is -3.11. The van der Waals surface area contributed by atoms with Gasteiger partial charge in [0, 0.05) is 12.6 Å². The summed E-state index contributed by atoms with van der Waals surface area (Å²) in [5.74, 6) is 0.327. The molecule has 0 aliphatic rings. The fourth-order valence-electron chi connectivity index (χ4n) is 2.32. The molecule has 0 atom stereocenters. The van der Waals surface area contributed by atoms with Gasteiger partial charge in [0.05, 0.1) is 11.5 Å². The third-order valence-corrected chi connectivity index (χ3v) is 5.06. The normalized spacial score (nSPS) is 10.9. The van der Waals surface area contributed by atoms with Crippen molar-refractivity contribution in [3.8, 4) is 11.5 Å². The molecule has 0 saturated carbocycles. The first-order chi connectivity index (χ1) is 14.3. The van der Waals surface area contributed by atoms with Crippen molar-refractivity contribution in [3.05, 3.63) is 48.5 Å². The minimum absolute atomic E-state index is 0.0286. The zero-order valence-electron chi connectivity index (χ0n) is 16.7. The average Bonchev–Trinajstić information content (AvgIpc) is 2.71. The standard InChI is InChI=1S/C20H24N2O7S/c1-3-27-17-6-8-18(9-7-17)28-12-13-29-20(24)14-21-30(25,26)19-10-4-16(5-11-19)22-15(2)23/h4-11,21H,3,12-14H2,1-2H3,(H,22,23). The molecule has 0 bridgehead atoms. The Balaban J connectivity index is 1.72. The number of hydrogen-bond donors (Lipinski definition) is 2. The molecule has 2 aromatic carbocycles. The predicted molar refractivity (Wildman–Crippen MR) is 110 cm³/mol. The maximum atomic E-state index is 12.2. The number of sulfonamides is 1. The number of benzene rings is 2. The Kier molecular flexibility index (Phi) is 8.63. The average molecular weight is 436 g/mol. The van der Waals surface area contributed by atoms with E-state index < -0.39 is 22.5 Å². The summed E-state index contributed by atoms with van der Waals surface area (Å²) in [6.45, 7) is 3.39. The van der Waals surface area contributed by atoms with E-state index in [1.54, 1.807) is 24.3 Å². The molecule has 1 amide bonds. The van der Waals surface area contributed by atoms with Crippen LogP contribution in [-0.2, 0) is 24.3 Å². The number of amides is 1. The van der Waals surface area contributed by atoms with Crippen LogP contribution in [0.15, 0.2) is 53.4 Å². The van der Waals surface area contributed by atoms with Crippen LogP contribution in [0.5, 0.6) is 11.5 Å². The molecule has 0 unspecified atom stereocenters. The first kappa shape index (κ1) is 23.2. The second-order valence-electron chi connectivity index (χ2n) is 6.00. The Morgan fingerprint density at radius 3 is 2.07 bits per heavy atom. The number of esters is 1. The first-order valence-electron chi connectivity index (χ1n) is 9.19. The highest BCUT2D eigenvalue weighted by atomic mass is 32.2. The van der Waals surface area contributed by atoms with Crippen molar-refractivity contribution in [2.45, 2.75) is 18.7 Å². The lowest BCUT2D eigenvalue weighted by atomic mass is 10.3. The number of nitrogens with one attached hydrogen (secondary N) is 2. The van der Waals surface area contributed by atoms with Crippen LogP contribution in [0, 0.1) is 0 Å². The Labute approximate surface area is 175 Å². The number of carbonyl (C=O) groups is 2. The molecule has 0 aliphatic carbocycles. The van der Waals surface area contributed by atoms with Crippen LogP contribution in [0.25, 0.3) is 0 Å². The molecule has 162 valence electrons. The van der Waals surface area contributed by atoms with Gasteiger partial charge in [0.15, 0.2) is 0 Å². The molecule has 0 aromatic heterocycles. The highest BCUT2D eigenvalue weighted by Crippen LogP contribution is 2.17. The molecule has 0 radical (unpaired) electrons. The van der Waals surface area contributed by atoms with Crippen LogP contribution < -0.4 is 19.5 Å². The van der Waals surface area contributed by atoms with Gasteiger partial charge in [-0.3, -0.25) is 9.59 Å². The van der Waals surface area contributed by atoms with Gasteiger partial charge >= 0.3 is 5.97 Å². The predicted octanol–water partition coefficient (Wildman–Crippen LogP) is 1.94. The second kappa shape index (κ2) is 11.2. The second-order valence-corrected chi connectivity index (χ2v) is 7.77. The molecule has 0 aliphatic heterocycles. The van der Waals surface area contributed by atoms with E-state index in [2.05, 4.69) is 10.0 Å². The zero-order chi connectivity index (χ0) is 22.0. The number of hydrogen-bond acceptors (Lipinski definition) is 7. The first-order valence-corrected chi connectivity index (χ1v) is 10.7. The van der Waals surface area contributed by atoms with Gasteiger partial charge in [-0.1, -0.05) is 0 Å². The summed E-state index contributed by atoms with van der Waals surface area (Å²) in [7, 11) is -3.89. The van der Waals surface area contributed by atoms with Crippen LogP contribution in [-0.4, -0.2) is 46.7 Å². The van der Waals surface area contributed by atoms with Crippen LogP contribution in [0.3, 0.4) is 0 Å². The summed E-state index contributed by atoms with van der Waals surface area (Å²) < 4.78 is 42.3. The van der Waals surface area contributed by atoms with E-state index in [4.69, 9.17) is 14.2 Å². The van der Waals surface area contributed by atoms with Crippen LogP contribution in [0.4, 0.5) is 5.69 Å². The van der Waals surface area contributed by atoms with Gasteiger partial charge < -0.3 is 19.5 Å². The van der Waals surface area contributed by atoms with Crippen molar-refractivity contribution in [1.29, 1.82) is 0 Å². The molecule has 2 rings (SSSR count). The van der Waals surface area contributed by atoms with Crippen LogP contribution >= 0.6 is 0 Å². The van der Waals surface area contributed by atoms with Gasteiger partial charge in [0.2, 0.25) is 15.9 Å². The minimum Gasteiger partial charge on any atom is -0.494 e. The SMILES string of the molecule is CCOc1ccc(OCCOC(=O)CNS(=O)(=O)c2ccc(NC(C)=O)cc2)cc1. The number of rotatable bonds is 11. The van der Waals surface area contributed by atoms with Gasteiger partial charge in [0.25, 0.3) is 0 Å². The van der Waals surface area contributed by atoms with Crippen molar-refractivity contribution in [2.75, 3.05) is 31.7 Å². The van der Waals surface area contributed by atoms with Crippen molar-refractivity contribution >= 4 is 27.6 Å². The Morgan fingerprint density at radius 1 is 0.900 bits per heavy atom. The van der Waals surface area contributed by atoms with E-state index in [-0.39, 0.29) is 24.0 Å². The summed E-state index contributed by atoms with van der Waals surface area (Å²) in [6.07, 6.45) is 0. The molecule has 10 heteroatoms. The van der Waals surface area contributed by atoms with E-state index in [9.17, 15) is 18.0 Å². The highest BCUT2D eigenvalue weighted by Gasteiger charge is 2.16. The van der Waals surface area contributed by atoms with Crippen molar-refractivity contribution < 1.29 is 32.2 Å². The van der Waals surface area contributed by atoms with E-state index in [0.717, 1.165) is 5.75 Å². The quantitative estimate of drug-likeness (QED) is 0.408. The molecule has 0 fully saturated rings. The van der Waals surface area contributed by atoms with Gasteiger partial charge in [-0.15, -0.1) is 0 Å². The molecule has 9 nitrogen and oxygen atoms in total. The molecule has 0 heterocycles. The van der Waals surface area contributed by atoms with Crippen molar-refractivity contribution in [3.63, 3.8) is 0 Å². The van der Waals surface area contributed by atoms with Gasteiger partial charge in [-0.05, 0) is 55.5 Å². The van der Waals surface area contributed by atoms with Crippen LogP contribution in [0.2, 0.25) is 0 Å². The summed E-state index contributed by atoms with van der Waals surface area (Å²) in [4.78, 5) is 22.7. The van der Waals surface area contributed by atoms with E-state index in [1.165, 1.54) is 31.2 Å². The highest BCUT2D eigenvalue weighted by molar-refractivity contribution is 7.89. The molecule has 30 heavy (non-hydrogen) atoms. The van der Waals surface area contributed by atoms with E-state index in [0.29, 0.717) is 18.0 Å². The van der Waals surface area contributed by atoms with Gasteiger partial charge in [0.1, 0.15) is 31.3 Å². The Bertz CT molecular complexity index is 942. The maximum Gasteiger partial charge on any atom is 0.321 e. The monoisotopic (exact) mass is 436 g/mol. The molecule has 0 spiro atoms. The maximum absolute atomic E-state index is 12.2. The molecule has 2 N–H and O–H groups in total. The largest absolute Gasteiger partial charge is 0.494 e. The number of anilines is 1. The third-order valence-electron chi connectivity index (χ3n) is 3.64. The van der Waals surface area contributed by atoms with E-state index in [1.807, 2.05) is 6.92 Å². The fourth-order valence-corrected chi connectivity index (χ4v) is 3.29. The lowest BCUT2D eigenvalue weighted by Gasteiger charge is -2.10. The van der Waals surface area contributed by atoms with Crippen molar-refractivity contribution in [2.24, 2.45) is 0 Å². The van der Waals surface area contributed by atoms with E-state index >= 15 is 0 Å². The molecule has 0 saturated heterocycles. The topological polar surface area (TPSA) is 120 Å². The van der Waals surface area contributed by atoms with Crippen molar-refractivity contribution in [1.82, 2.24) is 4.72 Å². The summed E-state index contributed by atoms with van der Waals surface area (Å²) in [5, 5.41) is 2.54. The molecular formula is C20H24N2O7S. The smallest absolute Gasteiger partial charge is 0.321 e. The van der Waals surface area contributed by atoms with Gasteiger partial charge in [-0.2, -0.15) is 4.72 Å². The number of ether oxygens (including phenoxy) is 3. The lowest BCUT2D eigenvalue weighted by Crippen LogP contribution is -2.31. The summed E-state index contributed by atoms with van der Waals surface area (Å²) in [5.41, 5.74) is 0.466. The minimum atomic E-state index is -3.89. The van der Waals surface area contributed by atoms with Crippen LogP contribution in [0.1, 0.15) is 13.8 Å². The lowest BCUT2D eigenvalue weighted by molar-refractivity contribution is -0.142. The summed E-state index contributed by atoms with van der Waals surface area (Å²) in [6, 6.07) is 12.5. The van der Waals surface area contributed by atoms with Gasteiger partial charge in [-0.25, -0.2) is 8.42 Å². The third kappa shape index (κ3) is 7.72. The number of carbonyl (C=O) groups excluding carboxylic acids is 2. The summed E-state index contributed by atoms with van der Waals surface area (Å²) >= 11 is 0. The molecule has 2 aromatic rings. The fraction of sp³-hybridized carbons (Fsp3) is 0.300. The zero-order valence-corrected chi connectivity index (χ0v) is 17.5.